The number of benzene rings is 2. The number of ketones is 1. The predicted molar refractivity (Wildman–Crippen MR) is 105 cm³/mol. The van der Waals surface area contributed by atoms with Crippen LogP contribution in [0.3, 0.4) is 0 Å². The van der Waals surface area contributed by atoms with Gasteiger partial charge in [0.15, 0.2) is 5.78 Å². The lowest BCUT2D eigenvalue weighted by Gasteiger charge is -2.34. The van der Waals surface area contributed by atoms with Crippen molar-refractivity contribution in [3.8, 4) is 6.07 Å². The maximum atomic E-state index is 13.7. The van der Waals surface area contributed by atoms with Crippen LogP contribution < -0.4 is 5.73 Å². The molecule has 0 unspecified atom stereocenters. The average Bonchev–Trinajstić information content (AvgIpc) is 2.69. The molecule has 2 aromatic carbocycles. The molecular weight excluding hydrogens is 423 g/mol. The van der Waals surface area contributed by atoms with Gasteiger partial charge in [-0.2, -0.15) is 5.26 Å². The van der Waals surface area contributed by atoms with Gasteiger partial charge in [0.2, 0.25) is 5.88 Å². The van der Waals surface area contributed by atoms with Crippen LogP contribution in [0.5, 0.6) is 0 Å². The Morgan fingerprint density at radius 2 is 1.89 bits per heavy atom. The number of rotatable bonds is 2. The van der Waals surface area contributed by atoms with E-state index in [9.17, 15) is 14.4 Å². The molecule has 0 spiro atoms. The van der Waals surface area contributed by atoms with Crippen LogP contribution >= 0.6 is 15.9 Å². The molecule has 1 heterocycles. The second-order valence-corrected chi connectivity index (χ2v) is 7.73. The van der Waals surface area contributed by atoms with Crippen molar-refractivity contribution in [2.75, 3.05) is 0 Å². The first-order chi connectivity index (χ1) is 13.5. The minimum absolute atomic E-state index is 0.00629. The lowest BCUT2D eigenvalue weighted by atomic mass is 9.73. The van der Waals surface area contributed by atoms with E-state index in [1.54, 1.807) is 12.1 Å². The first kappa shape index (κ1) is 18.5. The van der Waals surface area contributed by atoms with Crippen molar-refractivity contribution in [1.29, 1.82) is 5.26 Å². The van der Waals surface area contributed by atoms with Gasteiger partial charge in [0.25, 0.3) is 0 Å². The number of Topliss-reactive ketones (excluding diaryl/α,β-unsaturated/α-hetero) is 1. The number of carbonyl (C=O) groups is 1. The fraction of sp³-hybridized carbons (Fsp3) is 0.182. The van der Waals surface area contributed by atoms with Gasteiger partial charge in [-0.05, 0) is 45.1 Å². The summed E-state index contributed by atoms with van der Waals surface area (Å²) in [4.78, 5) is 13.1. The number of carbonyl (C=O) groups excluding carboxylic acids is 1. The van der Waals surface area contributed by atoms with E-state index in [0.717, 1.165) is 5.56 Å². The molecule has 0 saturated heterocycles. The number of nitriles is 1. The highest BCUT2D eigenvalue weighted by Gasteiger charge is 2.41. The molecule has 140 valence electrons. The van der Waals surface area contributed by atoms with Crippen LogP contribution in [0, 0.1) is 17.1 Å². The Kier molecular flexibility index (Phi) is 4.78. The number of nitrogens with zero attached hydrogens (tertiary/aromatic N) is 1. The summed E-state index contributed by atoms with van der Waals surface area (Å²) < 4.78 is 19.7. The van der Waals surface area contributed by atoms with Crippen LogP contribution in [0.15, 0.2) is 75.8 Å². The summed E-state index contributed by atoms with van der Waals surface area (Å²) in [5.74, 6) is -0.681. The lowest BCUT2D eigenvalue weighted by Crippen LogP contribution is -2.29. The summed E-state index contributed by atoms with van der Waals surface area (Å²) in [6.45, 7) is 0. The Balaban J connectivity index is 1.81. The molecule has 0 amide bonds. The second-order valence-electron chi connectivity index (χ2n) is 6.87. The molecule has 1 aliphatic heterocycles. The number of halogens is 2. The molecule has 4 rings (SSSR count). The molecule has 0 aromatic heterocycles. The van der Waals surface area contributed by atoms with Crippen molar-refractivity contribution in [1.82, 2.24) is 0 Å². The van der Waals surface area contributed by atoms with Crippen LogP contribution in [-0.4, -0.2) is 5.78 Å². The zero-order chi connectivity index (χ0) is 19.8. The summed E-state index contributed by atoms with van der Waals surface area (Å²) >= 11 is 3.18. The quantitative estimate of drug-likeness (QED) is 0.730. The minimum Gasteiger partial charge on any atom is -0.444 e. The molecular formula is C22H16BrFN2O2. The summed E-state index contributed by atoms with van der Waals surface area (Å²) in [5, 5.41) is 9.64. The van der Waals surface area contributed by atoms with Crippen LogP contribution in [-0.2, 0) is 9.53 Å². The standard InChI is InChI=1S/C22H16BrFN2O2/c23-16-8-13(6-7-17(16)24)20-15(11-25)22(26)28-19-10-14(9-18(27)21(19)20)12-4-2-1-3-5-12/h1-8,14,20H,9-10,26H2/t14-,20-/m0/s1. The van der Waals surface area contributed by atoms with Gasteiger partial charge < -0.3 is 10.5 Å². The smallest absolute Gasteiger partial charge is 0.205 e. The number of ether oxygens (including phenoxy) is 1. The first-order valence-corrected chi connectivity index (χ1v) is 9.62. The number of hydrogen-bond donors (Lipinski definition) is 1. The molecule has 1 aliphatic carbocycles. The van der Waals surface area contributed by atoms with Crippen molar-refractivity contribution in [3.63, 3.8) is 0 Å². The van der Waals surface area contributed by atoms with Gasteiger partial charge in [0, 0.05) is 18.4 Å². The van der Waals surface area contributed by atoms with E-state index in [2.05, 4.69) is 22.0 Å². The van der Waals surface area contributed by atoms with Crippen LogP contribution in [0.1, 0.15) is 35.8 Å². The fourth-order valence-corrected chi connectivity index (χ4v) is 4.29. The largest absolute Gasteiger partial charge is 0.444 e. The van der Waals surface area contributed by atoms with Gasteiger partial charge in [-0.3, -0.25) is 4.79 Å². The maximum Gasteiger partial charge on any atom is 0.205 e. The third-order valence-electron chi connectivity index (χ3n) is 5.21. The van der Waals surface area contributed by atoms with Gasteiger partial charge in [-0.15, -0.1) is 0 Å². The highest BCUT2D eigenvalue weighted by atomic mass is 79.9. The molecule has 2 atom stereocenters. The van der Waals surface area contributed by atoms with Crippen molar-refractivity contribution in [2.45, 2.75) is 24.7 Å². The summed E-state index contributed by atoms with van der Waals surface area (Å²) in [5.41, 5.74) is 8.31. The van der Waals surface area contributed by atoms with E-state index >= 15 is 0 Å². The van der Waals surface area contributed by atoms with E-state index in [1.807, 2.05) is 30.3 Å². The molecule has 28 heavy (non-hydrogen) atoms. The molecule has 6 heteroatoms. The summed E-state index contributed by atoms with van der Waals surface area (Å²) in [6, 6.07) is 16.3. The van der Waals surface area contributed by atoms with Crippen molar-refractivity contribution in [3.05, 3.63) is 92.7 Å². The normalized spacial score (nSPS) is 21.8. The van der Waals surface area contributed by atoms with Crippen LogP contribution in [0.4, 0.5) is 4.39 Å². The molecule has 2 N–H and O–H groups in total. The number of hydrogen-bond acceptors (Lipinski definition) is 4. The third kappa shape index (κ3) is 3.12. The lowest BCUT2D eigenvalue weighted by molar-refractivity contribution is -0.117. The van der Waals surface area contributed by atoms with Crippen molar-refractivity contribution in [2.24, 2.45) is 5.73 Å². The third-order valence-corrected chi connectivity index (χ3v) is 5.82. The van der Waals surface area contributed by atoms with Crippen LogP contribution in [0.25, 0.3) is 0 Å². The Morgan fingerprint density at radius 1 is 1.14 bits per heavy atom. The highest BCUT2D eigenvalue weighted by Crippen LogP contribution is 2.47. The predicted octanol–water partition coefficient (Wildman–Crippen LogP) is 4.80. The summed E-state index contributed by atoms with van der Waals surface area (Å²) in [7, 11) is 0. The topological polar surface area (TPSA) is 76.1 Å². The number of allylic oxidation sites excluding steroid dienone is 3. The van der Waals surface area contributed by atoms with E-state index in [4.69, 9.17) is 10.5 Å². The van der Waals surface area contributed by atoms with Crippen LogP contribution in [0.2, 0.25) is 0 Å². The van der Waals surface area contributed by atoms with Crippen molar-refractivity contribution >= 4 is 21.7 Å². The Morgan fingerprint density at radius 3 is 2.57 bits per heavy atom. The SMILES string of the molecule is N#CC1=C(N)OC2=C(C(=O)C[C@H](c3ccccc3)C2)[C@H]1c1ccc(F)c(Br)c1. The fourth-order valence-electron chi connectivity index (χ4n) is 3.89. The molecule has 0 bridgehead atoms. The van der Waals surface area contributed by atoms with Gasteiger partial charge in [-0.25, -0.2) is 4.39 Å². The molecule has 0 fully saturated rings. The zero-order valence-corrected chi connectivity index (χ0v) is 16.4. The van der Waals surface area contributed by atoms with Gasteiger partial charge in [0.05, 0.1) is 10.4 Å². The van der Waals surface area contributed by atoms with E-state index in [-0.39, 0.29) is 27.6 Å². The Hall–Kier alpha value is -2.91. The van der Waals surface area contributed by atoms with Gasteiger partial charge in [-0.1, -0.05) is 36.4 Å². The monoisotopic (exact) mass is 438 g/mol. The average molecular weight is 439 g/mol. The van der Waals surface area contributed by atoms with E-state index < -0.39 is 11.7 Å². The molecule has 0 radical (unpaired) electrons. The molecule has 4 nitrogen and oxygen atoms in total. The Bertz CT molecular complexity index is 1070. The summed E-state index contributed by atoms with van der Waals surface area (Å²) in [6.07, 6.45) is 0.840. The highest BCUT2D eigenvalue weighted by molar-refractivity contribution is 9.10. The van der Waals surface area contributed by atoms with E-state index in [0.29, 0.717) is 29.7 Å². The molecule has 2 aliphatic rings. The second kappa shape index (κ2) is 7.25. The first-order valence-electron chi connectivity index (χ1n) is 8.83. The van der Waals surface area contributed by atoms with Gasteiger partial charge in [0.1, 0.15) is 23.2 Å². The Labute approximate surface area is 170 Å². The molecule has 2 aromatic rings. The zero-order valence-electron chi connectivity index (χ0n) is 14.8. The minimum atomic E-state index is -0.658. The molecule has 0 saturated carbocycles. The number of nitrogens with two attached hydrogens (primary N) is 1. The van der Waals surface area contributed by atoms with E-state index in [1.165, 1.54) is 6.07 Å². The van der Waals surface area contributed by atoms with Crippen molar-refractivity contribution < 1.29 is 13.9 Å². The maximum absolute atomic E-state index is 13.7. The van der Waals surface area contributed by atoms with Gasteiger partial charge >= 0.3 is 0 Å².